The Hall–Kier alpha value is -4.47. The predicted octanol–water partition coefficient (Wildman–Crippen LogP) is 5.32. The van der Waals surface area contributed by atoms with E-state index in [9.17, 15) is 33.0 Å². The standard InChI is InChI=1S/C26H20F3NO6/c1-2-35-20-5-3-4-16(14-20)23(32)21-22(15-6-10-18(31)11-7-15)30(25(34)24(21)33)17-8-12-19(13-9-17)36-26(27,28)29/h3-14,22,31-32H,2H2,1H3/b23-21-. The fourth-order valence-corrected chi connectivity index (χ4v) is 3.93. The third-order valence-electron chi connectivity index (χ3n) is 5.42. The van der Waals surface area contributed by atoms with Gasteiger partial charge in [-0.05, 0) is 61.0 Å². The number of aliphatic hydroxyl groups excluding tert-OH is 1. The minimum Gasteiger partial charge on any atom is -0.508 e. The Bertz CT molecular complexity index is 1320. The second kappa shape index (κ2) is 9.65. The molecule has 1 amide bonds. The highest BCUT2D eigenvalue weighted by molar-refractivity contribution is 6.51. The first-order valence-electron chi connectivity index (χ1n) is 10.8. The van der Waals surface area contributed by atoms with Crippen molar-refractivity contribution in [1.82, 2.24) is 0 Å². The molecular weight excluding hydrogens is 479 g/mol. The first-order valence-corrected chi connectivity index (χ1v) is 10.8. The monoisotopic (exact) mass is 499 g/mol. The van der Waals surface area contributed by atoms with E-state index in [1.165, 1.54) is 42.5 Å². The lowest BCUT2D eigenvalue weighted by Crippen LogP contribution is -2.29. The molecule has 1 atom stereocenters. The summed E-state index contributed by atoms with van der Waals surface area (Å²) in [6, 6.07) is 15.3. The highest BCUT2D eigenvalue weighted by atomic mass is 19.4. The summed E-state index contributed by atoms with van der Waals surface area (Å²) in [7, 11) is 0. The molecule has 3 aromatic carbocycles. The molecule has 10 heteroatoms. The highest BCUT2D eigenvalue weighted by Crippen LogP contribution is 2.43. The SMILES string of the molecule is CCOc1cccc(/C(O)=C2/C(=O)C(=O)N(c3ccc(OC(F)(F)F)cc3)C2c2ccc(O)cc2)c1. The normalized spacial score (nSPS) is 17.3. The van der Waals surface area contributed by atoms with Gasteiger partial charge in [0.1, 0.15) is 23.0 Å². The number of anilines is 1. The van der Waals surface area contributed by atoms with Gasteiger partial charge in [-0.3, -0.25) is 14.5 Å². The van der Waals surface area contributed by atoms with Crippen molar-refractivity contribution in [3.05, 3.63) is 89.5 Å². The number of aliphatic hydroxyl groups is 1. The van der Waals surface area contributed by atoms with Crippen LogP contribution < -0.4 is 14.4 Å². The number of hydrogen-bond donors (Lipinski definition) is 2. The Morgan fingerprint density at radius 3 is 2.25 bits per heavy atom. The van der Waals surface area contributed by atoms with E-state index in [2.05, 4.69) is 4.74 Å². The number of halogens is 3. The zero-order chi connectivity index (χ0) is 26.0. The number of amides is 1. The summed E-state index contributed by atoms with van der Waals surface area (Å²) < 4.78 is 47.0. The number of hydrogen-bond acceptors (Lipinski definition) is 6. The Morgan fingerprint density at radius 2 is 1.64 bits per heavy atom. The van der Waals surface area contributed by atoms with Crippen LogP contribution in [0, 0.1) is 0 Å². The van der Waals surface area contributed by atoms with Crippen LogP contribution in [0.5, 0.6) is 17.2 Å². The molecule has 0 aromatic heterocycles. The number of nitrogens with zero attached hydrogens (tertiary/aromatic N) is 1. The zero-order valence-corrected chi connectivity index (χ0v) is 18.8. The van der Waals surface area contributed by atoms with Crippen molar-refractivity contribution in [1.29, 1.82) is 0 Å². The van der Waals surface area contributed by atoms with Crippen molar-refractivity contribution >= 4 is 23.1 Å². The third-order valence-corrected chi connectivity index (χ3v) is 5.42. The summed E-state index contributed by atoms with van der Waals surface area (Å²) in [6.07, 6.45) is -4.90. The van der Waals surface area contributed by atoms with E-state index in [4.69, 9.17) is 4.74 Å². The molecule has 1 unspecified atom stereocenters. The minimum absolute atomic E-state index is 0.0613. The van der Waals surface area contributed by atoms with E-state index in [-0.39, 0.29) is 22.6 Å². The molecule has 2 N–H and O–H groups in total. The number of ether oxygens (including phenoxy) is 2. The Morgan fingerprint density at radius 1 is 0.972 bits per heavy atom. The van der Waals surface area contributed by atoms with Crippen LogP contribution in [0.15, 0.2) is 78.4 Å². The van der Waals surface area contributed by atoms with Gasteiger partial charge in [-0.15, -0.1) is 13.2 Å². The van der Waals surface area contributed by atoms with Crippen LogP contribution in [0.3, 0.4) is 0 Å². The number of rotatable bonds is 6. The molecule has 1 aliphatic heterocycles. The van der Waals surface area contributed by atoms with Gasteiger partial charge in [0, 0.05) is 11.3 Å². The fraction of sp³-hybridized carbons (Fsp3) is 0.154. The lowest BCUT2D eigenvalue weighted by atomic mass is 9.95. The molecule has 186 valence electrons. The second-order valence-electron chi connectivity index (χ2n) is 7.76. The number of aromatic hydroxyl groups is 1. The Balaban J connectivity index is 1.84. The molecule has 3 aromatic rings. The Kier molecular flexibility index (Phi) is 6.61. The highest BCUT2D eigenvalue weighted by Gasteiger charge is 2.47. The smallest absolute Gasteiger partial charge is 0.508 e. The van der Waals surface area contributed by atoms with E-state index < -0.39 is 35.6 Å². The van der Waals surface area contributed by atoms with Gasteiger partial charge >= 0.3 is 6.36 Å². The zero-order valence-electron chi connectivity index (χ0n) is 18.8. The van der Waals surface area contributed by atoms with Crippen molar-refractivity contribution in [2.75, 3.05) is 11.5 Å². The lowest BCUT2D eigenvalue weighted by Gasteiger charge is -2.25. The van der Waals surface area contributed by atoms with Crippen LogP contribution in [0.2, 0.25) is 0 Å². The number of ketones is 1. The molecule has 0 bridgehead atoms. The van der Waals surface area contributed by atoms with Gasteiger partial charge in [-0.1, -0.05) is 24.3 Å². The van der Waals surface area contributed by atoms with Crippen molar-refractivity contribution in [2.24, 2.45) is 0 Å². The van der Waals surface area contributed by atoms with Gasteiger partial charge in [-0.2, -0.15) is 0 Å². The van der Waals surface area contributed by atoms with Gasteiger partial charge in [0.15, 0.2) is 0 Å². The molecule has 0 aliphatic carbocycles. The molecule has 0 saturated carbocycles. The molecule has 1 saturated heterocycles. The van der Waals surface area contributed by atoms with Crippen molar-refractivity contribution in [2.45, 2.75) is 19.3 Å². The van der Waals surface area contributed by atoms with E-state index in [1.54, 1.807) is 25.1 Å². The number of phenolic OH excluding ortho intramolecular Hbond substituents is 1. The molecule has 0 spiro atoms. The predicted molar refractivity (Wildman–Crippen MR) is 124 cm³/mol. The van der Waals surface area contributed by atoms with Gasteiger partial charge in [0.2, 0.25) is 0 Å². The molecule has 1 aliphatic rings. The van der Waals surface area contributed by atoms with Crippen molar-refractivity contribution in [3.8, 4) is 17.2 Å². The second-order valence-corrected chi connectivity index (χ2v) is 7.76. The van der Waals surface area contributed by atoms with Crippen molar-refractivity contribution in [3.63, 3.8) is 0 Å². The van der Waals surface area contributed by atoms with Crippen molar-refractivity contribution < 1.29 is 42.4 Å². The molecule has 1 heterocycles. The number of carbonyl (C=O) groups excluding carboxylic acids is 2. The molecule has 0 radical (unpaired) electrons. The maximum atomic E-state index is 13.2. The molecule has 4 rings (SSSR count). The topological polar surface area (TPSA) is 96.3 Å². The van der Waals surface area contributed by atoms with Crippen LogP contribution >= 0.6 is 0 Å². The summed E-state index contributed by atoms with van der Waals surface area (Å²) in [5.41, 5.74) is 0.489. The van der Waals surface area contributed by atoms with Gasteiger partial charge in [0.05, 0.1) is 18.2 Å². The largest absolute Gasteiger partial charge is 0.573 e. The number of carbonyl (C=O) groups is 2. The van der Waals surface area contributed by atoms with Gasteiger partial charge in [0.25, 0.3) is 11.7 Å². The summed E-state index contributed by atoms with van der Waals surface area (Å²) in [4.78, 5) is 27.4. The maximum absolute atomic E-state index is 13.2. The Labute approximate surface area is 203 Å². The van der Waals surface area contributed by atoms with Crippen LogP contribution in [0.4, 0.5) is 18.9 Å². The average Bonchev–Trinajstić information content (AvgIpc) is 3.09. The number of alkyl halides is 3. The van der Waals surface area contributed by atoms with Crippen LogP contribution in [0.25, 0.3) is 5.76 Å². The molecule has 7 nitrogen and oxygen atoms in total. The summed E-state index contributed by atoms with van der Waals surface area (Å²) in [5, 5.41) is 20.9. The van der Waals surface area contributed by atoms with E-state index in [1.807, 2.05) is 0 Å². The third kappa shape index (κ3) is 4.97. The van der Waals surface area contributed by atoms with E-state index in [0.29, 0.717) is 17.9 Å². The molecule has 1 fully saturated rings. The van der Waals surface area contributed by atoms with E-state index >= 15 is 0 Å². The first kappa shape index (κ1) is 24.6. The number of Topliss-reactive ketones (excluding diaryl/α,β-unsaturated/α-hetero) is 1. The summed E-state index contributed by atoms with van der Waals surface area (Å²) in [6.45, 7) is 2.16. The fourth-order valence-electron chi connectivity index (χ4n) is 3.93. The van der Waals surface area contributed by atoms with Crippen LogP contribution in [0.1, 0.15) is 24.1 Å². The number of phenols is 1. The lowest BCUT2D eigenvalue weighted by molar-refractivity contribution is -0.274. The van der Waals surface area contributed by atoms with Gasteiger partial charge < -0.3 is 19.7 Å². The van der Waals surface area contributed by atoms with Crippen LogP contribution in [-0.4, -0.2) is 34.9 Å². The maximum Gasteiger partial charge on any atom is 0.573 e. The van der Waals surface area contributed by atoms with Crippen LogP contribution in [-0.2, 0) is 9.59 Å². The molecular formula is C26H20F3NO6. The molecule has 36 heavy (non-hydrogen) atoms. The van der Waals surface area contributed by atoms with Gasteiger partial charge in [-0.25, -0.2) is 0 Å². The van der Waals surface area contributed by atoms with E-state index in [0.717, 1.165) is 17.0 Å². The average molecular weight is 499 g/mol. The number of benzene rings is 3. The summed E-state index contributed by atoms with van der Waals surface area (Å²) in [5.74, 6) is -2.54. The first-order chi connectivity index (χ1) is 17.1. The summed E-state index contributed by atoms with van der Waals surface area (Å²) >= 11 is 0. The minimum atomic E-state index is -4.90. The quantitative estimate of drug-likeness (QED) is 0.271.